The van der Waals surface area contributed by atoms with Gasteiger partial charge in [0.05, 0.1) is 18.7 Å². The Kier molecular flexibility index (Phi) is 8.37. The second-order valence-corrected chi connectivity index (χ2v) is 4.56. The van der Waals surface area contributed by atoms with Crippen molar-refractivity contribution in [2.24, 2.45) is 5.92 Å². The van der Waals surface area contributed by atoms with Gasteiger partial charge in [0.1, 0.15) is 0 Å². The number of rotatable bonds is 9. The lowest BCUT2D eigenvalue weighted by molar-refractivity contribution is -0.136. The molecule has 0 aromatic rings. The van der Waals surface area contributed by atoms with E-state index in [1.165, 1.54) is 0 Å². The molecule has 0 heterocycles. The van der Waals surface area contributed by atoms with Crippen LogP contribution in [0.4, 0.5) is 0 Å². The monoisotopic (exact) mass is 258 g/mol. The number of ether oxygens (including phenoxy) is 1. The molecule has 0 aromatic carbocycles. The van der Waals surface area contributed by atoms with Gasteiger partial charge in [-0.25, -0.2) is 0 Å². The van der Waals surface area contributed by atoms with E-state index in [4.69, 9.17) is 4.74 Å². The first-order valence-corrected chi connectivity index (χ1v) is 6.48. The van der Waals surface area contributed by atoms with Crippen LogP contribution in [-0.2, 0) is 14.3 Å². The molecule has 0 aromatic heterocycles. The van der Waals surface area contributed by atoms with Gasteiger partial charge < -0.3 is 15.0 Å². The van der Waals surface area contributed by atoms with Crippen LogP contribution in [0.5, 0.6) is 0 Å². The molecule has 0 aliphatic rings. The normalized spacial score (nSPS) is 15.6. The molecule has 2 amide bonds. The minimum Gasteiger partial charge on any atom is -0.379 e. The average Bonchev–Trinajstić information content (AvgIpc) is 2.40. The number of carbonyl (C=O) groups is 2. The SMILES string of the molecule is CCC(C)C(C(CC)OC)N(C)C(=O)CNC=O. The van der Waals surface area contributed by atoms with Crippen molar-refractivity contribution < 1.29 is 14.3 Å². The second-order valence-electron chi connectivity index (χ2n) is 4.56. The summed E-state index contributed by atoms with van der Waals surface area (Å²) in [5.41, 5.74) is 0. The van der Waals surface area contributed by atoms with E-state index in [-0.39, 0.29) is 24.6 Å². The van der Waals surface area contributed by atoms with Crippen LogP contribution in [-0.4, -0.2) is 50.1 Å². The van der Waals surface area contributed by atoms with Crippen molar-refractivity contribution in [3.63, 3.8) is 0 Å². The average molecular weight is 258 g/mol. The first-order chi connectivity index (χ1) is 8.53. The third-order valence-corrected chi connectivity index (χ3v) is 3.49. The standard InChI is InChI=1S/C13H26N2O3/c1-6-10(3)13(11(7-2)18-5)15(4)12(17)8-14-9-16/h9-11,13H,6-8H2,1-5H3,(H,14,16). The van der Waals surface area contributed by atoms with Crippen LogP contribution in [0.25, 0.3) is 0 Å². The molecule has 1 N–H and O–H groups in total. The van der Waals surface area contributed by atoms with Gasteiger partial charge in [0.25, 0.3) is 0 Å². The lowest BCUT2D eigenvalue weighted by Gasteiger charge is -2.37. The second kappa shape index (κ2) is 8.91. The Labute approximate surface area is 110 Å². The maximum atomic E-state index is 11.9. The fourth-order valence-electron chi connectivity index (χ4n) is 2.21. The maximum absolute atomic E-state index is 11.9. The molecule has 106 valence electrons. The predicted octanol–water partition coefficient (Wildman–Crippen LogP) is 1.03. The molecule has 5 heteroatoms. The van der Waals surface area contributed by atoms with Crippen molar-refractivity contribution in [3.05, 3.63) is 0 Å². The summed E-state index contributed by atoms with van der Waals surface area (Å²) < 4.78 is 5.48. The zero-order chi connectivity index (χ0) is 14.1. The molecule has 5 nitrogen and oxygen atoms in total. The summed E-state index contributed by atoms with van der Waals surface area (Å²) in [4.78, 5) is 23.9. The summed E-state index contributed by atoms with van der Waals surface area (Å²) in [6.07, 6.45) is 2.38. The number of amides is 2. The molecule has 3 unspecified atom stereocenters. The Morgan fingerprint density at radius 2 is 2.00 bits per heavy atom. The quantitative estimate of drug-likeness (QED) is 0.628. The van der Waals surface area contributed by atoms with Crippen LogP contribution in [0, 0.1) is 5.92 Å². The summed E-state index contributed by atoms with van der Waals surface area (Å²) in [6, 6.07) is 0.0333. The van der Waals surface area contributed by atoms with Crippen molar-refractivity contribution in [3.8, 4) is 0 Å². The Morgan fingerprint density at radius 3 is 2.39 bits per heavy atom. The van der Waals surface area contributed by atoms with Crippen LogP contribution in [0.3, 0.4) is 0 Å². The van der Waals surface area contributed by atoms with E-state index in [0.717, 1.165) is 12.8 Å². The zero-order valence-electron chi connectivity index (χ0n) is 12.1. The largest absolute Gasteiger partial charge is 0.379 e. The number of carbonyl (C=O) groups excluding carboxylic acids is 2. The number of likely N-dealkylation sites (N-methyl/N-ethyl adjacent to an activating group) is 1. The number of nitrogens with zero attached hydrogens (tertiary/aromatic N) is 1. The molecule has 18 heavy (non-hydrogen) atoms. The van der Waals surface area contributed by atoms with E-state index >= 15 is 0 Å². The topological polar surface area (TPSA) is 58.6 Å². The van der Waals surface area contributed by atoms with Crippen molar-refractivity contribution >= 4 is 12.3 Å². The lowest BCUT2D eigenvalue weighted by atomic mass is 9.91. The van der Waals surface area contributed by atoms with Crippen molar-refractivity contribution in [2.75, 3.05) is 20.7 Å². The van der Waals surface area contributed by atoms with Crippen LogP contribution < -0.4 is 5.32 Å². The van der Waals surface area contributed by atoms with Gasteiger partial charge in [-0.2, -0.15) is 0 Å². The molecule has 0 bridgehead atoms. The van der Waals surface area contributed by atoms with Gasteiger partial charge in [0, 0.05) is 14.2 Å². The van der Waals surface area contributed by atoms with E-state index in [0.29, 0.717) is 12.3 Å². The number of hydrogen-bond acceptors (Lipinski definition) is 3. The van der Waals surface area contributed by atoms with Gasteiger partial charge in [-0.05, 0) is 12.3 Å². The van der Waals surface area contributed by atoms with Crippen LogP contribution >= 0.6 is 0 Å². The highest BCUT2D eigenvalue weighted by molar-refractivity contribution is 5.80. The molecule has 0 aliphatic carbocycles. The molecule has 3 atom stereocenters. The molecule has 0 saturated carbocycles. The van der Waals surface area contributed by atoms with Crippen molar-refractivity contribution in [1.29, 1.82) is 0 Å². The van der Waals surface area contributed by atoms with Gasteiger partial charge >= 0.3 is 0 Å². The minimum absolute atomic E-state index is 0.0186. The summed E-state index contributed by atoms with van der Waals surface area (Å²) >= 11 is 0. The van der Waals surface area contributed by atoms with Crippen molar-refractivity contribution in [2.45, 2.75) is 45.8 Å². The maximum Gasteiger partial charge on any atom is 0.242 e. The molecular weight excluding hydrogens is 232 g/mol. The Balaban J connectivity index is 4.82. The first kappa shape index (κ1) is 16.9. The highest BCUT2D eigenvalue weighted by atomic mass is 16.5. The molecule has 0 fully saturated rings. The van der Waals surface area contributed by atoms with E-state index in [9.17, 15) is 9.59 Å². The van der Waals surface area contributed by atoms with Crippen LogP contribution in [0.1, 0.15) is 33.6 Å². The Morgan fingerprint density at radius 1 is 1.39 bits per heavy atom. The molecule has 0 saturated heterocycles. The smallest absolute Gasteiger partial charge is 0.242 e. The third kappa shape index (κ3) is 4.64. The fourth-order valence-corrected chi connectivity index (χ4v) is 2.21. The van der Waals surface area contributed by atoms with Gasteiger partial charge in [-0.1, -0.05) is 27.2 Å². The van der Waals surface area contributed by atoms with Crippen molar-refractivity contribution in [1.82, 2.24) is 10.2 Å². The summed E-state index contributed by atoms with van der Waals surface area (Å²) in [5, 5.41) is 2.40. The van der Waals surface area contributed by atoms with Crippen LogP contribution in [0.2, 0.25) is 0 Å². The van der Waals surface area contributed by atoms with E-state index in [2.05, 4.69) is 19.2 Å². The minimum atomic E-state index is -0.0945. The number of hydrogen-bond donors (Lipinski definition) is 1. The molecule has 0 radical (unpaired) electrons. The number of nitrogens with one attached hydrogen (secondary N) is 1. The van der Waals surface area contributed by atoms with Gasteiger partial charge in [-0.3, -0.25) is 9.59 Å². The highest BCUT2D eigenvalue weighted by Gasteiger charge is 2.31. The lowest BCUT2D eigenvalue weighted by Crippen LogP contribution is -2.51. The van der Waals surface area contributed by atoms with Gasteiger partial charge in [0.2, 0.25) is 12.3 Å². The molecule has 0 rings (SSSR count). The summed E-state index contributed by atoms with van der Waals surface area (Å²) in [6.45, 7) is 6.30. The fraction of sp³-hybridized carbons (Fsp3) is 0.846. The van der Waals surface area contributed by atoms with E-state index < -0.39 is 0 Å². The summed E-state index contributed by atoms with van der Waals surface area (Å²) in [5.74, 6) is 0.253. The zero-order valence-corrected chi connectivity index (χ0v) is 12.1. The summed E-state index contributed by atoms with van der Waals surface area (Å²) in [7, 11) is 3.44. The van der Waals surface area contributed by atoms with E-state index in [1.54, 1.807) is 19.1 Å². The molecule has 0 aliphatic heterocycles. The first-order valence-electron chi connectivity index (χ1n) is 6.48. The van der Waals surface area contributed by atoms with Crippen LogP contribution in [0.15, 0.2) is 0 Å². The third-order valence-electron chi connectivity index (χ3n) is 3.49. The van der Waals surface area contributed by atoms with Gasteiger partial charge in [0.15, 0.2) is 0 Å². The highest BCUT2D eigenvalue weighted by Crippen LogP contribution is 2.21. The Bertz CT molecular complexity index is 255. The number of methoxy groups -OCH3 is 1. The Hall–Kier alpha value is -1.10. The predicted molar refractivity (Wildman–Crippen MR) is 71.2 cm³/mol. The molecule has 0 spiro atoms. The van der Waals surface area contributed by atoms with E-state index in [1.807, 2.05) is 6.92 Å². The molecular formula is C13H26N2O3. The van der Waals surface area contributed by atoms with Gasteiger partial charge in [-0.15, -0.1) is 0 Å².